The van der Waals surface area contributed by atoms with E-state index in [0.29, 0.717) is 19.3 Å². The van der Waals surface area contributed by atoms with Crippen LogP contribution in [0.5, 0.6) is 0 Å². The first-order valence-electron chi connectivity index (χ1n) is 20.6. The molecule has 0 spiro atoms. The van der Waals surface area contributed by atoms with E-state index in [-0.39, 0.29) is 25.6 Å². The topological polar surface area (TPSA) is 140 Å². The summed E-state index contributed by atoms with van der Waals surface area (Å²) < 4.78 is 26.3. The number of aliphatic hydroxyl groups is 1. The lowest BCUT2D eigenvalue weighted by Gasteiger charge is -2.18. The van der Waals surface area contributed by atoms with Crippen LogP contribution in [0, 0.1) is 0 Å². The van der Waals surface area contributed by atoms with Gasteiger partial charge in [0.2, 0.25) is 0 Å². The predicted octanol–water partition coefficient (Wildman–Crippen LogP) is 11.6. The second-order valence-corrected chi connectivity index (χ2v) is 14.7. The average Bonchev–Trinajstić information content (AvgIpc) is 3.15. The number of unbranched alkanes of at least 4 members (excludes halogenated alkanes) is 9. The Morgan fingerprint density at radius 1 is 0.564 bits per heavy atom. The highest BCUT2D eigenvalue weighted by atomic mass is 31.2. The second kappa shape index (κ2) is 39.2. The Kier molecular flexibility index (Phi) is 37.0. The Bertz CT molecular complexity index is 1220. The molecule has 0 aromatic rings. The first kappa shape index (κ1) is 51.9. The van der Waals surface area contributed by atoms with Gasteiger partial charge in [-0.05, 0) is 83.5 Å². The zero-order chi connectivity index (χ0) is 40.5. The summed E-state index contributed by atoms with van der Waals surface area (Å²) in [7, 11) is -4.79. The van der Waals surface area contributed by atoms with Crippen LogP contribution in [0.15, 0.2) is 97.2 Å². The fourth-order valence-electron chi connectivity index (χ4n) is 5.05. The number of hydrogen-bond donors (Lipinski definition) is 3. The molecular formula is C45H73O9P. The summed E-state index contributed by atoms with van der Waals surface area (Å²) >= 11 is 0. The van der Waals surface area contributed by atoms with Crippen LogP contribution >= 0.6 is 7.82 Å². The van der Waals surface area contributed by atoms with Crippen molar-refractivity contribution in [1.82, 2.24) is 0 Å². The smallest absolute Gasteiger partial charge is 0.462 e. The molecule has 0 rings (SSSR count). The summed E-state index contributed by atoms with van der Waals surface area (Å²) in [6.45, 7) is 3.44. The molecule has 10 heteroatoms. The second-order valence-electron chi connectivity index (χ2n) is 13.5. The highest BCUT2D eigenvalue weighted by molar-refractivity contribution is 7.46. The predicted molar refractivity (Wildman–Crippen MR) is 226 cm³/mol. The van der Waals surface area contributed by atoms with Crippen LogP contribution in [0.1, 0.15) is 149 Å². The molecule has 0 aliphatic rings. The van der Waals surface area contributed by atoms with Crippen LogP contribution < -0.4 is 0 Å². The normalized spacial score (nSPS) is 14.1. The van der Waals surface area contributed by atoms with Gasteiger partial charge in [0.15, 0.2) is 6.10 Å². The SMILES string of the molecule is CCCCC/C=C\C/C=C\C/C=C\C/C=C\CCCCCC(=O)O[C@H](COC(=O)CCC/C=C\C/C=C\C/C=C\C=C\[C@H](O)CCCCC)COP(=O)(O)O. The first-order valence-corrected chi connectivity index (χ1v) is 22.2. The molecule has 0 aliphatic heterocycles. The van der Waals surface area contributed by atoms with Gasteiger partial charge in [-0.15, -0.1) is 0 Å². The lowest BCUT2D eigenvalue weighted by molar-refractivity contribution is -0.161. The van der Waals surface area contributed by atoms with Gasteiger partial charge >= 0.3 is 19.8 Å². The number of carbonyl (C=O) groups is 2. The Morgan fingerprint density at radius 3 is 1.62 bits per heavy atom. The van der Waals surface area contributed by atoms with Crippen LogP contribution in [-0.4, -0.2) is 52.3 Å². The third-order valence-electron chi connectivity index (χ3n) is 8.18. The molecule has 0 fully saturated rings. The number of esters is 2. The Labute approximate surface area is 333 Å². The van der Waals surface area contributed by atoms with E-state index >= 15 is 0 Å². The number of hydrogen-bond acceptors (Lipinski definition) is 7. The van der Waals surface area contributed by atoms with E-state index in [1.54, 1.807) is 0 Å². The van der Waals surface area contributed by atoms with Gasteiger partial charge in [-0.25, -0.2) is 4.57 Å². The van der Waals surface area contributed by atoms with Crippen molar-refractivity contribution in [2.75, 3.05) is 13.2 Å². The third kappa shape index (κ3) is 41.9. The summed E-state index contributed by atoms with van der Waals surface area (Å²) in [5, 5.41) is 9.87. The Balaban J connectivity index is 4.16. The highest BCUT2D eigenvalue weighted by Gasteiger charge is 2.22. The molecule has 0 aromatic heterocycles. The fraction of sp³-hybridized carbons (Fsp3) is 0.600. The highest BCUT2D eigenvalue weighted by Crippen LogP contribution is 2.36. The van der Waals surface area contributed by atoms with Gasteiger partial charge in [0.25, 0.3) is 0 Å². The Hall–Kier alpha value is -3.07. The van der Waals surface area contributed by atoms with Gasteiger partial charge in [0, 0.05) is 12.8 Å². The molecule has 0 amide bonds. The van der Waals surface area contributed by atoms with E-state index in [0.717, 1.165) is 77.0 Å². The van der Waals surface area contributed by atoms with Crippen molar-refractivity contribution in [3.05, 3.63) is 97.2 Å². The minimum absolute atomic E-state index is 0.148. The van der Waals surface area contributed by atoms with E-state index in [1.807, 2.05) is 36.5 Å². The van der Waals surface area contributed by atoms with Gasteiger partial charge in [-0.1, -0.05) is 150 Å². The minimum atomic E-state index is -4.79. The van der Waals surface area contributed by atoms with Crippen molar-refractivity contribution >= 4 is 19.8 Å². The maximum absolute atomic E-state index is 12.4. The molecule has 0 bridgehead atoms. The van der Waals surface area contributed by atoms with Gasteiger partial charge in [0.05, 0.1) is 12.7 Å². The fourth-order valence-corrected chi connectivity index (χ4v) is 5.41. The molecule has 312 valence electrons. The van der Waals surface area contributed by atoms with Crippen molar-refractivity contribution in [3.8, 4) is 0 Å². The van der Waals surface area contributed by atoms with Crippen LogP contribution in [0.3, 0.4) is 0 Å². The van der Waals surface area contributed by atoms with E-state index in [9.17, 15) is 19.3 Å². The molecule has 0 aromatic carbocycles. The summed E-state index contributed by atoms with van der Waals surface area (Å²) in [5.74, 6) is -1.02. The molecule has 55 heavy (non-hydrogen) atoms. The van der Waals surface area contributed by atoms with Gasteiger partial charge < -0.3 is 24.4 Å². The number of carbonyl (C=O) groups excluding carboxylic acids is 2. The van der Waals surface area contributed by atoms with Crippen LogP contribution in [0.4, 0.5) is 0 Å². The molecule has 0 unspecified atom stereocenters. The molecule has 2 atom stereocenters. The van der Waals surface area contributed by atoms with Crippen molar-refractivity contribution < 1.29 is 43.0 Å². The van der Waals surface area contributed by atoms with E-state index < -0.39 is 32.5 Å². The van der Waals surface area contributed by atoms with Gasteiger partial charge in [0.1, 0.15) is 6.61 Å². The van der Waals surface area contributed by atoms with Crippen molar-refractivity contribution in [3.63, 3.8) is 0 Å². The average molecular weight is 789 g/mol. The zero-order valence-electron chi connectivity index (χ0n) is 33.9. The monoisotopic (exact) mass is 788 g/mol. The number of phosphoric acid groups is 1. The maximum atomic E-state index is 12.4. The number of ether oxygens (including phenoxy) is 2. The number of rotatable bonds is 36. The lowest BCUT2D eigenvalue weighted by atomic mass is 10.1. The molecule has 0 saturated heterocycles. The van der Waals surface area contributed by atoms with Gasteiger partial charge in [-0.3, -0.25) is 14.1 Å². The molecule has 9 nitrogen and oxygen atoms in total. The van der Waals surface area contributed by atoms with Crippen LogP contribution in [0.2, 0.25) is 0 Å². The first-order chi connectivity index (χ1) is 26.7. The summed E-state index contributed by atoms with van der Waals surface area (Å²) in [6.07, 6.45) is 50.2. The van der Waals surface area contributed by atoms with Crippen molar-refractivity contribution in [1.29, 1.82) is 0 Å². The molecular weight excluding hydrogens is 715 g/mol. The molecule has 0 aliphatic carbocycles. The molecule has 0 heterocycles. The number of allylic oxidation sites excluding steroid dienone is 15. The van der Waals surface area contributed by atoms with Crippen LogP contribution in [-0.2, 0) is 28.2 Å². The molecule has 3 N–H and O–H groups in total. The van der Waals surface area contributed by atoms with Crippen molar-refractivity contribution in [2.45, 2.75) is 161 Å². The minimum Gasteiger partial charge on any atom is -0.462 e. The lowest BCUT2D eigenvalue weighted by Crippen LogP contribution is -2.29. The molecule has 0 radical (unpaired) electrons. The van der Waals surface area contributed by atoms with E-state index in [4.69, 9.17) is 19.3 Å². The van der Waals surface area contributed by atoms with Crippen LogP contribution in [0.25, 0.3) is 0 Å². The largest absolute Gasteiger partial charge is 0.469 e. The van der Waals surface area contributed by atoms with Crippen molar-refractivity contribution in [2.24, 2.45) is 0 Å². The molecule has 0 saturated carbocycles. The number of aliphatic hydroxyl groups excluding tert-OH is 1. The quantitative estimate of drug-likeness (QED) is 0.0186. The zero-order valence-corrected chi connectivity index (χ0v) is 34.8. The van der Waals surface area contributed by atoms with E-state index in [1.165, 1.54) is 25.7 Å². The summed E-state index contributed by atoms with van der Waals surface area (Å²) in [6, 6.07) is 0. The van der Waals surface area contributed by atoms with E-state index in [2.05, 4.69) is 79.1 Å². The third-order valence-corrected chi connectivity index (χ3v) is 8.66. The summed E-state index contributed by atoms with van der Waals surface area (Å²) in [5.41, 5.74) is 0. The maximum Gasteiger partial charge on any atom is 0.469 e. The Morgan fingerprint density at radius 2 is 1.05 bits per heavy atom. The standard InChI is InChI=1S/C45H73O9P/c1-3-5-7-8-9-10-11-12-13-14-15-16-17-18-21-25-28-31-35-39-45(48)54-43(41-53-55(49,50)51)40-52-44(47)38-34-30-27-24-22-19-20-23-26-29-33-37-42(46)36-32-6-4-2/h9-10,12-13,15-16,18-21,24,26-27,29,33,37,42-43,46H,3-8,11,14,17,22-23,25,28,30-32,34-36,38-41H2,1-2H3,(H2,49,50,51)/b10-9-,13-12-,16-15-,20-19-,21-18-,27-24-,29-26-,37-33+/t42-,43-/m1/s1. The number of phosphoric ester groups is 1. The summed E-state index contributed by atoms with van der Waals surface area (Å²) in [4.78, 5) is 42.8. The van der Waals surface area contributed by atoms with Gasteiger partial charge in [-0.2, -0.15) is 0 Å².